The van der Waals surface area contributed by atoms with E-state index in [1.54, 1.807) is 0 Å². The zero-order chi connectivity index (χ0) is 16.6. The predicted molar refractivity (Wildman–Crippen MR) is 92.4 cm³/mol. The smallest absolute Gasteiger partial charge is 0.223 e. The van der Waals surface area contributed by atoms with E-state index in [4.69, 9.17) is 0 Å². The van der Waals surface area contributed by atoms with Crippen LogP contribution in [0.15, 0.2) is 0 Å². The van der Waals surface area contributed by atoms with Crippen LogP contribution in [-0.2, 0) is 4.79 Å². The van der Waals surface area contributed by atoms with E-state index in [2.05, 4.69) is 65.7 Å². The first-order valence-electron chi connectivity index (χ1n) is 8.55. The number of nitrogens with one attached hydrogen (secondary N) is 1. The van der Waals surface area contributed by atoms with Gasteiger partial charge < -0.3 is 10.2 Å². The van der Waals surface area contributed by atoms with E-state index in [0.717, 1.165) is 19.5 Å². The van der Waals surface area contributed by atoms with Crippen LogP contribution in [0.3, 0.4) is 0 Å². The molecular formula is C18H38N2O. The predicted octanol–water partition coefficient (Wildman–Crippen LogP) is 3.93. The number of nitrogens with zero attached hydrogens (tertiary/aromatic N) is 1. The lowest BCUT2D eigenvalue weighted by Gasteiger charge is -2.32. The second-order valence-electron chi connectivity index (χ2n) is 8.01. The van der Waals surface area contributed by atoms with Gasteiger partial charge in [-0.3, -0.25) is 4.79 Å². The summed E-state index contributed by atoms with van der Waals surface area (Å²) < 4.78 is 0. The fraction of sp³-hybridized carbons (Fsp3) is 0.944. The number of carbonyl (C=O) groups is 1. The van der Waals surface area contributed by atoms with E-state index in [0.29, 0.717) is 12.0 Å². The van der Waals surface area contributed by atoms with Crippen molar-refractivity contribution in [2.24, 2.45) is 17.3 Å². The maximum Gasteiger partial charge on any atom is 0.223 e. The van der Waals surface area contributed by atoms with Gasteiger partial charge in [0, 0.05) is 18.5 Å². The molecule has 3 nitrogen and oxygen atoms in total. The highest BCUT2D eigenvalue weighted by molar-refractivity contribution is 5.79. The molecule has 0 spiro atoms. The van der Waals surface area contributed by atoms with Crippen LogP contribution >= 0.6 is 0 Å². The Bertz CT molecular complexity index is 292. The highest BCUT2D eigenvalue weighted by Gasteiger charge is 2.33. The van der Waals surface area contributed by atoms with E-state index in [9.17, 15) is 4.79 Å². The molecule has 3 heteroatoms. The van der Waals surface area contributed by atoms with Gasteiger partial charge >= 0.3 is 0 Å². The Morgan fingerprint density at radius 2 is 1.62 bits per heavy atom. The second-order valence-corrected chi connectivity index (χ2v) is 8.01. The molecule has 0 aromatic heterocycles. The van der Waals surface area contributed by atoms with Crippen molar-refractivity contribution in [3.63, 3.8) is 0 Å². The zero-order valence-electron chi connectivity index (χ0n) is 15.6. The van der Waals surface area contributed by atoms with Crippen molar-refractivity contribution in [1.29, 1.82) is 0 Å². The van der Waals surface area contributed by atoms with Crippen LogP contribution in [-0.4, -0.2) is 37.0 Å². The molecule has 0 aliphatic rings. The monoisotopic (exact) mass is 298 g/mol. The molecule has 0 aliphatic heterocycles. The lowest BCUT2D eigenvalue weighted by Crippen LogP contribution is -2.41. The summed E-state index contributed by atoms with van der Waals surface area (Å²) in [5.74, 6) is 0.686. The van der Waals surface area contributed by atoms with Crippen molar-refractivity contribution < 1.29 is 4.79 Å². The molecule has 0 rings (SSSR count). The molecule has 0 fully saturated rings. The summed E-state index contributed by atoms with van der Waals surface area (Å²) in [6.07, 6.45) is 3.46. The van der Waals surface area contributed by atoms with Crippen molar-refractivity contribution >= 4 is 5.91 Å². The van der Waals surface area contributed by atoms with Crippen LogP contribution in [0.4, 0.5) is 0 Å². The Labute approximate surface area is 132 Å². The highest BCUT2D eigenvalue weighted by atomic mass is 16.1. The third-order valence-corrected chi connectivity index (χ3v) is 4.25. The van der Waals surface area contributed by atoms with Gasteiger partial charge in [-0.2, -0.15) is 0 Å². The molecule has 21 heavy (non-hydrogen) atoms. The topological polar surface area (TPSA) is 32.3 Å². The normalized spacial score (nSPS) is 14.0. The molecule has 1 unspecified atom stereocenters. The largest absolute Gasteiger partial charge is 0.356 e. The minimum absolute atomic E-state index is 0.0260. The summed E-state index contributed by atoms with van der Waals surface area (Å²) in [7, 11) is 2.17. The molecule has 0 heterocycles. The number of hydrogen-bond acceptors (Lipinski definition) is 2. The lowest BCUT2D eigenvalue weighted by molar-refractivity contribution is -0.130. The van der Waals surface area contributed by atoms with Gasteiger partial charge in [0.25, 0.3) is 0 Å². The molecule has 0 aromatic rings. The zero-order valence-corrected chi connectivity index (χ0v) is 15.6. The Morgan fingerprint density at radius 1 is 1.05 bits per heavy atom. The second kappa shape index (κ2) is 9.45. The SMILES string of the molecule is CC(C)C(C(=O)NCCCCCN(C)C(C)C)C(C)(C)C. The summed E-state index contributed by atoms with van der Waals surface area (Å²) >= 11 is 0. The molecule has 0 saturated heterocycles. The summed E-state index contributed by atoms with van der Waals surface area (Å²) in [5, 5.41) is 3.13. The van der Waals surface area contributed by atoms with E-state index in [1.165, 1.54) is 12.8 Å². The van der Waals surface area contributed by atoms with Crippen LogP contribution in [0.1, 0.15) is 67.7 Å². The molecule has 1 N–H and O–H groups in total. The first-order chi connectivity index (χ1) is 9.57. The first kappa shape index (κ1) is 20.4. The minimum Gasteiger partial charge on any atom is -0.356 e. The van der Waals surface area contributed by atoms with Crippen LogP contribution in [0, 0.1) is 17.3 Å². The van der Waals surface area contributed by atoms with Crippen LogP contribution in [0.25, 0.3) is 0 Å². The lowest BCUT2D eigenvalue weighted by atomic mass is 9.74. The standard InChI is InChI=1S/C18H38N2O/c1-14(2)16(18(5,6)7)17(21)19-12-10-9-11-13-20(8)15(3)4/h14-16H,9-13H2,1-8H3,(H,19,21). The van der Waals surface area contributed by atoms with E-state index in [1.807, 2.05) is 0 Å². The van der Waals surface area contributed by atoms with Crippen molar-refractivity contribution in [2.75, 3.05) is 20.1 Å². The van der Waals surface area contributed by atoms with Gasteiger partial charge in [-0.15, -0.1) is 0 Å². The Morgan fingerprint density at radius 3 is 2.05 bits per heavy atom. The minimum atomic E-state index is 0.0260. The summed E-state index contributed by atoms with van der Waals surface area (Å²) in [5.41, 5.74) is 0.0260. The first-order valence-corrected chi connectivity index (χ1v) is 8.55. The Hall–Kier alpha value is -0.570. The van der Waals surface area contributed by atoms with Crippen LogP contribution in [0.5, 0.6) is 0 Å². The van der Waals surface area contributed by atoms with Crippen molar-refractivity contribution in [3.8, 4) is 0 Å². The Balaban J connectivity index is 3.94. The molecule has 0 radical (unpaired) electrons. The van der Waals surface area contributed by atoms with Crippen LogP contribution < -0.4 is 5.32 Å². The molecule has 0 bridgehead atoms. The number of rotatable bonds is 9. The van der Waals surface area contributed by atoms with Gasteiger partial charge in [-0.1, -0.05) is 41.0 Å². The fourth-order valence-electron chi connectivity index (χ4n) is 2.94. The third kappa shape index (κ3) is 8.45. The molecule has 1 atom stereocenters. The number of unbranched alkanes of at least 4 members (excludes halogenated alkanes) is 2. The Kier molecular flexibility index (Phi) is 9.19. The van der Waals surface area contributed by atoms with Gasteiger partial charge in [0.1, 0.15) is 0 Å². The van der Waals surface area contributed by atoms with Gasteiger partial charge in [-0.25, -0.2) is 0 Å². The highest BCUT2D eigenvalue weighted by Crippen LogP contribution is 2.32. The van der Waals surface area contributed by atoms with E-state index >= 15 is 0 Å². The average molecular weight is 299 g/mol. The number of carbonyl (C=O) groups excluding carboxylic acids is 1. The van der Waals surface area contributed by atoms with Crippen LogP contribution in [0.2, 0.25) is 0 Å². The van der Waals surface area contributed by atoms with E-state index in [-0.39, 0.29) is 17.2 Å². The summed E-state index contributed by atoms with van der Waals surface area (Å²) in [6, 6.07) is 0.614. The maximum atomic E-state index is 12.3. The molecule has 0 aliphatic carbocycles. The molecule has 0 aromatic carbocycles. The molecule has 0 saturated carbocycles. The van der Waals surface area contributed by atoms with Gasteiger partial charge in [0.15, 0.2) is 0 Å². The fourth-order valence-corrected chi connectivity index (χ4v) is 2.94. The van der Waals surface area contributed by atoms with Gasteiger partial charge in [0.2, 0.25) is 5.91 Å². The molecule has 126 valence electrons. The van der Waals surface area contributed by atoms with Crippen molar-refractivity contribution in [1.82, 2.24) is 10.2 Å². The quantitative estimate of drug-likeness (QED) is 0.654. The van der Waals surface area contributed by atoms with Crippen molar-refractivity contribution in [3.05, 3.63) is 0 Å². The maximum absolute atomic E-state index is 12.3. The number of hydrogen-bond donors (Lipinski definition) is 1. The number of amides is 1. The van der Waals surface area contributed by atoms with E-state index < -0.39 is 0 Å². The third-order valence-electron chi connectivity index (χ3n) is 4.25. The average Bonchev–Trinajstić information content (AvgIpc) is 2.30. The van der Waals surface area contributed by atoms with Crippen molar-refractivity contribution in [2.45, 2.75) is 73.8 Å². The summed E-state index contributed by atoms with van der Waals surface area (Å²) in [6.45, 7) is 17.1. The van der Waals surface area contributed by atoms with Gasteiger partial charge in [-0.05, 0) is 51.6 Å². The molecule has 1 amide bonds. The summed E-state index contributed by atoms with van der Waals surface area (Å²) in [4.78, 5) is 14.7. The molecular weight excluding hydrogens is 260 g/mol. The van der Waals surface area contributed by atoms with Gasteiger partial charge in [0.05, 0.1) is 0 Å².